The molecule has 1 N–H and O–H groups in total. The third-order valence-corrected chi connectivity index (χ3v) is 5.15. The lowest BCUT2D eigenvalue weighted by Gasteiger charge is -2.04. The van der Waals surface area contributed by atoms with Crippen molar-refractivity contribution in [3.8, 4) is 5.75 Å². The summed E-state index contributed by atoms with van der Waals surface area (Å²) in [5.74, 6) is 0.0571. The van der Waals surface area contributed by atoms with Crippen molar-refractivity contribution in [2.45, 2.75) is 13.8 Å². The molecule has 0 aliphatic heterocycles. The average molecular weight is 380 g/mol. The molecule has 4 rings (SSSR count). The van der Waals surface area contributed by atoms with Crippen molar-refractivity contribution in [3.63, 3.8) is 0 Å². The molecule has 1 amide bonds. The lowest BCUT2D eigenvalue weighted by molar-refractivity contribution is 0.102. The van der Waals surface area contributed by atoms with Gasteiger partial charge in [0.15, 0.2) is 5.13 Å². The maximum atomic E-state index is 12.6. The Balaban J connectivity index is 1.71. The van der Waals surface area contributed by atoms with E-state index in [0.29, 0.717) is 21.9 Å². The van der Waals surface area contributed by atoms with Gasteiger partial charge < -0.3 is 9.15 Å². The predicted molar refractivity (Wildman–Crippen MR) is 106 cm³/mol. The van der Waals surface area contributed by atoms with Crippen molar-refractivity contribution >= 4 is 43.6 Å². The van der Waals surface area contributed by atoms with Crippen LogP contribution in [0.15, 0.2) is 45.6 Å². The number of benzene rings is 2. The van der Waals surface area contributed by atoms with E-state index in [2.05, 4.69) is 10.3 Å². The van der Waals surface area contributed by atoms with E-state index in [1.165, 1.54) is 17.4 Å². The summed E-state index contributed by atoms with van der Waals surface area (Å²) in [4.78, 5) is 29.3. The van der Waals surface area contributed by atoms with E-state index < -0.39 is 11.5 Å². The van der Waals surface area contributed by atoms with Gasteiger partial charge in [-0.1, -0.05) is 17.4 Å². The van der Waals surface area contributed by atoms with Crippen molar-refractivity contribution in [2.75, 3.05) is 12.4 Å². The van der Waals surface area contributed by atoms with E-state index in [4.69, 9.17) is 9.15 Å². The van der Waals surface area contributed by atoms with Gasteiger partial charge in [-0.05, 0) is 55.3 Å². The van der Waals surface area contributed by atoms with E-state index in [1.54, 1.807) is 25.3 Å². The molecule has 0 aliphatic rings. The van der Waals surface area contributed by atoms with E-state index in [1.807, 2.05) is 26.0 Å². The molecule has 136 valence electrons. The van der Waals surface area contributed by atoms with Gasteiger partial charge in [-0.3, -0.25) is 10.1 Å². The molecular weight excluding hydrogens is 364 g/mol. The number of hydrogen-bond donors (Lipinski definition) is 1. The number of thiazole rings is 1. The molecule has 4 aromatic rings. The number of ether oxygens (including phenoxy) is 1. The second-order valence-electron chi connectivity index (χ2n) is 6.25. The Morgan fingerprint density at radius 1 is 1.19 bits per heavy atom. The number of amides is 1. The minimum atomic E-state index is -0.696. The van der Waals surface area contributed by atoms with E-state index in [9.17, 15) is 9.59 Å². The first-order valence-electron chi connectivity index (χ1n) is 8.25. The molecule has 0 radical (unpaired) electrons. The molecule has 0 unspecified atom stereocenters. The molecule has 2 aromatic heterocycles. The molecule has 0 bridgehead atoms. The second kappa shape index (κ2) is 6.51. The molecular formula is C20H16N2O4S. The highest BCUT2D eigenvalue weighted by molar-refractivity contribution is 7.22. The molecule has 0 aliphatic carbocycles. The fourth-order valence-corrected chi connectivity index (χ4v) is 4.01. The number of anilines is 1. The molecule has 27 heavy (non-hydrogen) atoms. The minimum Gasteiger partial charge on any atom is -0.497 e. The highest BCUT2D eigenvalue weighted by Gasteiger charge is 2.17. The summed E-state index contributed by atoms with van der Waals surface area (Å²) in [6.07, 6.45) is 0. The molecule has 2 heterocycles. The number of nitrogens with one attached hydrogen (secondary N) is 1. The Kier molecular flexibility index (Phi) is 4.16. The summed E-state index contributed by atoms with van der Waals surface area (Å²) >= 11 is 1.37. The second-order valence-corrected chi connectivity index (χ2v) is 7.28. The zero-order valence-corrected chi connectivity index (χ0v) is 15.8. The van der Waals surface area contributed by atoms with Gasteiger partial charge in [0.25, 0.3) is 5.91 Å². The standard InChI is InChI=1S/C20H16N2O4S/c1-10-6-11(2)17-16(7-10)27-20(21-17)22-18(23)14-9-12-8-13(25-3)4-5-15(12)26-19(14)24/h4-9H,1-3H3,(H,21,22,23). The maximum absolute atomic E-state index is 12.6. The number of aryl methyl sites for hydroxylation is 2. The summed E-state index contributed by atoms with van der Waals surface area (Å²) in [5.41, 5.74) is 2.63. The largest absolute Gasteiger partial charge is 0.497 e. The van der Waals surface area contributed by atoms with Gasteiger partial charge in [0, 0.05) is 5.39 Å². The Hall–Kier alpha value is -3.19. The average Bonchev–Trinajstić information content (AvgIpc) is 3.03. The van der Waals surface area contributed by atoms with E-state index in [0.717, 1.165) is 21.3 Å². The third-order valence-electron chi connectivity index (χ3n) is 4.23. The summed E-state index contributed by atoms with van der Waals surface area (Å²) in [5, 5.41) is 3.75. The predicted octanol–water partition coefficient (Wildman–Crippen LogP) is 4.28. The summed E-state index contributed by atoms with van der Waals surface area (Å²) in [7, 11) is 1.55. The van der Waals surface area contributed by atoms with Gasteiger partial charge in [0.05, 0.1) is 17.3 Å². The Morgan fingerprint density at radius 3 is 2.78 bits per heavy atom. The van der Waals surface area contributed by atoms with Crippen LogP contribution in [0.3, 0.4) is 0 Å². The number of methoxy groups -OCH3 is 1. The molecule has 0 spiro atoms. The summed E-state index contributed by atoms with van der Waals surface area (Å²) < 4.78 is 11.4. The SMILES string of the molecule is COc1ccc2oc(=O)c(C(=O)Nc3nc4c(C)cc(C)cc4s3)cc2c1. The molecule has 0 saturated heterocycles. The minimum absolute atomic E-state index is 0.0806. The van der Waals surface area contributed by atoms with Crippen LogP contribution in [0.5, 0.6) is 5.75 Å². The summed E-state index contributed by atoms with van der Waals surface area (Å²) in [6, 6.07) is 10.6. The number of rotatable bonds is 3. The van der Waals surface area contributed by atoms with Crippen molar-refractivity contribution in [1.82, 2.24) is 4.98 Å². The molecule has 6 nitrogen and oxygen atoms in total. The van der Waals surface area contributed by atoms with Crippen molar-refractivity contribution in [3.05, 3.63) is 63.5 Å². The van der Waals surface area contributed by atoms with Crippen molar-refractivity contribution in [2.24, 2.45) is 0 Å². The molecule has 7 heteroatoms. The number of carbonyl (C=O) groups excluding carboxylic acids is 1. The molecule has 0 atom stereocenters. The van der Waals surface area contributed by atoms with Crippen LogP contribution >= 0.6 is 11.3 Å². The van der Waals surface area contributed by atoms with E-state index >= 15 is 0 Å². The van der Waals surface area contributed by atoms with Crippen LogP contribution in [0.2, 0.25) is 0 Å². The van der Waals surface area contributed by atoms with Crippen molar-refractivity contribution < 1.29 is 13.9 Å². The number of nitrogens with zero attached hydrogens (tertiary/aromatic N) is 1. The summed E-state index contributed by atoms with van der Waals surface area (Å²) in [6.45, 7) is 3.99. The van der Waals surface area contributed by atoms with E-state index in [-0.39, 0.29) is 5.56 Å². The van der Waals surface area contributed by atoms with Crippen LogP contribution in [0.1, 0.15) is 21.5 Å². The van der Waals surface area contributed by atoms with Crippen LogP contribution in [-0.4, -0.2) is 18.0 Å². The number of aromatic nitrogens is 1. The normalized spacial score (nSPS) is 11.1. The highest BCUT2D eigenvalue weighted by atomic mass is 32.1. The fraction of sp³-hybridized carbons (Fsp3) is 0.150. The number of hydrogen-bond acceptors (Lipinski definition) is 6. The highest BCUT2D eigenvalue weighted by Crippen LogP contribution is 2.29. The van der Waals surface area contributed by atoms with Gasteiger partial charge in [0.2, 0.25) is 0 Å². The Labute approximate surface area is 158 Å². The number of carbonyl (C=O) groups is 1. The van der Waals surface area contributed by atoms with Gasteiger partial charge in [-0.2, -0.15) is 0 Å². The first kappa shape index (κ1) is 17.2. The smallest absolute Gasteiger partial charge is 0.349 e. The van der Waals surface area contributed by atoms with Gasteiger partial charge >= 0.3 is 5.63 Å². The topological polar surface area (TPSA) is 81.4 Å². The lowest BCUT2D eigenvalue weighted by atomic mass is 10.1. The van der Waals surface area contributed by atoms with Gasteiger partial charge in [-0.15, -0.1) is 0 Å². The first-order chi connectivity index (χ1) is 12.9. The third kappa shape index (κ3) is 3.17. The fourth-order valence-electron chi connectivity index (χ4n) is 2.98. The van der Waals surface area contributed by atoms with Crippen molar-refractivity contribution in [1.29, 1.82) is 0 Å². The molecule has 2 aromatic carbocycles. The molecule has 0 fully saturated rings. The Morgan fingerprint density at radius 2 is 2.00 bits per heavy atom. The van der Waals surface area contributed by atoms with Gasteiger partial charge in [0.1, 0.15) is 16.9 Å². The van der Waals surface area contributed by atoms with Crippen LogP contribution < -0.4 is 15.7 Å². The zero-order valence-electron chi connectivity index (χ0n) is 15.0. The maximum Gasteiger partial charge on any atom is 0.349 e. The van der Waals surface area contributed by atoms with Gasteiger partial charge in [-0.25, -0.2) is 9.78 Å². The quantitative estimate of drug-likeness (QED) is 0.537. The van der Waals surface area contributed by atoms with Crippen LogP contribution in [-0.2, 0) is 0 Å². The molecule has 0 saturated carbocycles. The van der Waals surface area contributed by atoms with Crippen LogP contribution in [0, 0.1) is 13.8 Å². The lowest BCUT2D eigenvalue weighted by Crippen LogP contribution is -2.20. The Bertz CT molecular complexity index is 1260. The van der Waals surface area contributed by atoms with Crippen LogP contribution in [0.25, 0.3) is 21.2 Å². The van der Waals surface area contributed by atoms with Crippen LogP contribution in [0.4, 0.5) is 5.13 Å². The number of fused-ring (bicyclic) bond motifs is 2. The monoisotopic (exact) mass is 380 g/mol. The first-order valence-corrected chi connectivity index (χ1v) is 9.07. The zero-order chi connectivity index (χ0) is 19.1.